The highest BCUT2D eigenvalue weighted by molar-refractivity contribution is 4.50. The fraction of sp³-hybridized carbons (Fsp3) is 1.00. The monoisotopic (exact) mass is 178 g/mol. The van der Waals surface area contributed by atoms with Crippen molar-refractivity contribution in [2.45, 2.75) is 0 Å². The summed E-state index contributed by atoms with van der Waals surface area (Å²) in [5.74, 6) is 0. The predicted molar refractivity (Wildman–Crippen MR) is 45.8 cm³/mol. The van der Waals surface area contributed by atoms with E-state index in [-0.39, 0.29) is 0 Å². The quantitative estimate of drug-likeness (QED) is 0.309. The normalized spacial score (nSPS) is 11.0. The van der Waals surface area contributed by atoms with Gasteiger partial charge in [-0.3, -0.25) is 0 Å². The van der Waals surface area contributed by atoms with E-state index in [4.69, 9.17) is 5.73 Å². The van der Waals surface area contributed by atoms with E-state index >= 15 is 0 Å². The van der Waals surface area contributed by atoms with E-state index in [0.717, 1.165) is 13.1 Å². The number of nitrogens with two attached hydrogens (primary N) is 1. The van der Waals surface area contributed by atoms with E-state index in [1.54, 1.807) is 0 Å². The largest absolute Gasteiger partial charge is 0.329 e. The first-order valence-corrected chi connectivity index (χ1v) is 3.90. The van der Waals surface area contributed by atoms with E-state index in [1.807, 2.05) is 12.1 Å². The van der Waals surface area contributed by atoms with Gasteiger partial charge in [-0.05, 0) is 7.05 Å². The Kier molecular flexibility index (Phi) is 8.68. The van der Waals surface area contributed by atoms with E-state index < -0.39 is 0 Å². The summed E-state index contributed by atoms with van der Waals surface area (Å²) in [5.41, 5.74) is 7.97. The van der Waals surface area contributed by atoms with E-state index in [1.165, 1.54) is 7.11 Å². The van der Waals surface area contributed by atoms with Crippen LogP contribution in [0.25, 0.3) is 0 Å². The first-order valence-electron chi connectivity index (χ1n) is 3.90. The lowest BCUT2D eigenvalue weighted by Crippen LogP contribution is -2.44. The van der Waals surface area contributed by atoms with Gasteiger partial charge in [0, 0.05) is 26.2 Å². The van der Waals surface area contributed by atoms with E-state index in [2.05, 4.69) is 20.8 Å². The molecule has 0 aliphatic carbocycles. The van der Waals surface area contributed by atoms with Gasteiger partial charge in [0.2, 0.25) is 0 Å². The summed E-state index contributed by atoms with van der Waals surface area (Å²) in [6.07, 6.45) is 0. The van der Waals surface area contributed by atoms with E-state index in [0.29, 0.717) is 13.1 Å². The molecule has 6 nitrogen and oxygen atoms in total. The second-order valence-corrected chi connectivity index (χ2v) is 2.22. The minimum atomic E-state index is 0.573. The standard InChI is InChI=1S/C6H18N4O2/c1-8-4-6-10(5-3-7)9-12-11-2/h8-9H,3-7H2,1-2H3. The fourth-order valence-electron chi connectivity index (χ4n) is 0.696. The van der Waals surface area contributed by atoms with Gasteiger partial charge in [0.25, 0.3) is 0 Å². The first kappa shape index (κ1) is 11.8. The van der Waals surface area contributed by atoms with Gasteiger partial charge in [0.15, 0.2) is 0 Å². The minimum absolute atomic E-state index is 0.573. The molecule has 0 aliphatic rings. The van der Waals surface area contributed by atoms with Crippen LogP contribution in [0.1, 0.15) is 0 Å². The van der Waals surface area contributed by atoms with Crippen LogP contribution in [0, 0.1) is 0 Å². The molecule has 0 atom stereocenters. The molecule has 0 aliphatic heterocycles. The lowest BCUT2D eigenvalue weighted by Gasteiger charge is -2.19. The van der Waals surface area contributed by atoms with Crippen molar-refractivity contribution in [2.24, 2.45) is 5.73 Å². The Balaban J connectivity index is 3.40. The number of hydrazine groups is 1. The van der Waals surface area contributed by atoms with Gasteiger partial charge >= 0.3 is 0 Å². The maximum Gasteiger partial charge on any atom is 0.0733 e. The van der Waals surface area contributed by atoms with Crippen LogP contribution in [0.4, 0.5) is 0 Å². The molecule has 12 heavy (non-hydrogen) atoms. The molecule has 74 valence electrons. The maximum atomic E-state index is 5.37. The highest BCUT2D eigenvalue weighted by Gasteiger charge is 2.01. The number of hydrogen-bond acceptors (Lipinski definition) is 6. The molecule has 0 rings (SSSR count). The van der Waals surface area contributed by atoms with Crippen molar-refractivity contribution >= 4 is 0 Å². The van der Waals surface area contributed by atoms with Crippen LogP contribution in [-0.4, -0.2) is 45.3 Å². The summed E-state index contributed by atoms with van der Waals surface area (Å²) in [7, 11) is 3.32. The van der Waals surface area contributed by atoms with Gasteiger partial charge in [-0.1, -0.05) is 0 Å². The van der Waals surface area contributed by atoms with Crippen LogP contribution in [-0.2, 0) is 9.88 Å². The Morgan fingerprint density at radius 1 is 1.42 bits per heavy atom. The molecule has 0 radical (unpaired) electrons. The first-order chi connectivity index (χ1) is 5.85. The zero-order chi connectivity index (χ0) is 9.23. The molecule has 0 aromatic heterocycles. The van der Waals surface area contributed by atoms with Gasteiger partial charge in [-0.2, -0.15) is 0 Å². The molecule has 0 heterocycles. The lowest BCUT2D eigenvalue weighted by molar-refractivity contribution is -0.353. The fourth-order valence-corrected chi connectivity index (χ4v) is 0.696. The number of nitrogens with one attached hydrogen (secondary N) is 2. The van der Waals surface area contributed by atoms with Gasteiger partial charge < -0.3 is 11.1 Å². The summed E-state index contributed by atoms with van der Waals surface area (Å²) in [5, 5.41) is 4.83. The Morgan fingerprint density at radius 3 is 2.67 bits per heavy atom. The van der Waals surface area contributed by atoms with Crippen molar-refractivity contribution in [1.82, 2.24) is 15.9 Å². The van der Waals surface area contributed by atoms with Gasteiger partial charge in [0.1, 0.15) is 0 Å². The highest BCUT2D eigenvalue weighted by atomic mass is 17.3. The van der Waals surface area contributed by atoms with Crippen LogP contribution in [0.15, 0.2) is 0 Å². The average molecular weight is 178 g/mol. The second-order valence-electron chi connectivity index (χ2n) is 2.22. The number of hydrogen-bond donors (Lipinski definition) is 3. The van der Waals surface area contributed by atoms with Gasteiger partial charge in [0.05, 0.1) is 7.11 Å². The molecule has 0 spiro atoms. The molecular weight excluding hydrogens is 160 g/mol. The van der Waals surface area contributed by atoms with Crippen molar-refractivity contribution < 1.29 is 9.88 Å². The van der Waals surface area contributed by atoms with Crippen LogP contribution in [0.3, 0.4) is 0 Å². The van der Waals surface area contributed by atoms with Crippen molar-refractivity contribution in [2.75, 3.05) is 40.3 Å². The summed E-state index contributed by atoms with van der Waals surface area (Å²) in [4.78, 5) is 8.92. The van der Waals surface area contributed by atoms with Crippen LogP contribution in [0.2, 0.25) is 0 Å². The molecule has 0 bridgehead atoms. The number of likely N-dealkylation sites (N-methyl/N-ethyl adjacent to an activating group) is 1. The highest BCUT2D eigenvalue weighted by Crippen LogP contribution is 1.79. The maximum absolute atomic E-state index is 5.37. The van der Waals surface area contributed by atoms with Crippen LogP contribution >= 0.6 is 0 Å². The molecule has 0 fully saturated rings. The lowest BCUT2D eigenvalue weighted by atomic mass is 10.5. The van der Waals surface area contributed by atoms with Crippen LogP contribution in [0.5, 0.6) is 0 Å². The molecule has 0 amide bonds. The minimum Gasteiger partial charge on any atom is -0.329 e. The Bertz CT molecular complexity index is 85.6. The zero-order valence-electron chi connectivity index (χ0n) is 7.67. The summed E-state index contributed by atoms with van der Waals surface area (Å²) >= 11 is 0. The molecule has 0 saturated heterocycles. The number of rotatable bonds is 8. The summed E-state index contributed by atoms with van der Waals surface area (Å²) < 4.78 is 0. The van der Waals surface area contributed by atoms with Crippen LogP contribution < -0.4 is 16.6 Å². The smallest absolute Gasteiger partial charge is 0.0733 e. The Hall–Kier alpha value is -0.240. The molecule has 0 unspecified atom stereocenters. The predicted octanol–water partition coefficient (Wildman–Crippen LogP) is -1.54. The molecular formula is C6H18N4O2. The Morgan fingerprint density at radius 2 is 2.17 bits per heavy atom. The Labute approximate surface area is 72.8 Å². The third kappa shape index (κ3) is 6.47. The van der Waals surface area contributed by atoms with Crippen molar-refractivity contribution in [3.05, 3.63) is 0 Å². The van der Waals surface area contributed by atoms with Crippen molar-refractivity contribution in [3.8, 4) is 0 Å². The molecule has 0 saturated carbocycles. The van der Waals surface area contributed by atoms with Crippen molar-refractivity contribution in [1.29, 1.82) is 0 Å². The second kappa shape index (κ2) is 8.85. The van der Waals surface area contributed by atoms with Gasteiger partial charge in [-0.15, -0.1) is 10.6 Å². The average Bonchev–Trinajstić information content (AvgIpc) is 2.10. The van der Waals surface area contributed by atoms with Gasteiger partial charge in [-0.25, -0.2) is 9.90 Å². The van der Waals surface area contributed by atoms with Crippen molar-refractivity contribution in [3.63, 3.8) is 0 Å². The molecule has 0 aromatic carbocycles. The molecule has 0 aromatic rings. The molecule has 6 heteroatoms. The SMILES string of the molecule is CNCCN(CCN)NOOC. The third-order valence-corrected chi connectivity index (χ3v) is 1.28. The third-order valence-electron chi connectivity index (χ3n) is 1.28. The van der Waals surface area contributed by atoms with E-state index in [9.17, 15) is 0 Å². The molecule has 4 N–H and O–H groups in total. The zero-order valence-corrected chi connectivity index (χ0v) is 7.67. The number of nitrogens with zero attached hydrogens (tertiary/aromatic N) is 1. The summed E-state index contributed by atoms with van der Waals surface area (Å²) in [6.45, 7) is 2.95. The topological polar surface area (TPSA) is 71.8 Å². The summed E-state index contributed by atoms with van der Waals surface area (Å²) in [6, 6.07) is 0.